The predicted molar refractivity (Wildman–Crippen MR) is 75.1 cm³/mol. The zero-order chi connectivity index (χ0) is 15.0. The molecule has 6 nitrogen and oxygen atoms in total. The van der Waals surface area contributed by atoms with E-state index in [2.05, 4.69) is 5.32 Å². The molecule has 1 unspecified atom stereocenters. The van der Waals surface area contributed by atoms with Gasteiger partial charge >= 0.3 is 6.03 Å². The van der Waals surface area contributed by atoms with Crippen LogP contribution in [-0.2, 0) is 10.3 Å². The topological polar surface area (TPSA) is 67.9 Å². The molecule has 3 amide bonds. The van der Waals surface area contributed by atoms with Gasteiger partial charge < -0.3 is 14.8 Å². The molecule has 0 saturated carbocycles. The van der Waals surface area contributed by atoms with E-state index in [4.69, 9.17) is 9.47 Å². The van der Waals surface area contributed by atoms with Crippen LogP contribution in [-0.4, -0.2) is 30.2 Å². The molecule has 1 aromatic rings. The van der Waals surface area contributed by atoms with Crippen LogP contribution in [0.5, 0.6) is 11.5 Å². The number of hydrogen-bond donors (Lipinski definition) is 1. The van der Waals surface area contributed by atoms with Crippen molar-refractivity contribution in [3.8, 4) is 11.5 Å². The van der Waals surface area contributed by atoms with Gasteiger partial charge in [-0.25, -0.2) is 4.79 Å². The maximum atomic E-state index is 12.6. The standard InChI is InChI=1S/C15H18N2O4/c1-3-4-7-17-13(18)15(2,16-14(17)19)10-5-6-11-12(8-10)21-9-20-11/h5-6,8H,3-4,7,9H2,1-2H3,(H,16,19). The second kappa shape index (κ2) is 4.95. The average Bonchev–Trinajstić information content (AvgIpc) is 3.01. The third kappa shape index (κ3) is 2.11. The Morgan fingerprint density at radius 1 is 1.29 bits per heavy atom. The van der Waals surface area contributed by atoms with Crippen molar-refractivity contribution in [2.24, 2.45) is 0 Å². The lowest BCUT2D eigenvalue weighted by atomic mass is 9.91. The molecule has 2 aliphatic heterocycles. The Labute approximate surface area is 123 Å². The highest BCUT2D eigenvalue weighted by Gasteiger charge is 2.49. The van der Waals surface area contributed by atoms with E-state index in [9.17, 15) is 9.59 Å². The van der Waals surface area contributed by atoms with Gasteiger partial charge in [0, 0.05) is 6.54 Å². The van der Waals surface area contributed by atoms with E-state index in [1.807, 2.05) is 6.92 Å². The van der Waals surface area contributed by atoms with Crippen molar-refractivity contribution < 1.29 is 19.1 Å². The molecule has 0 aromatic heterocycles. The third-order valence-electron chi connectivity index (χ3n) is 3.96. The molecular formula is C15H18N2O4. The van der Waals surface area contributed by atoms with Gasteiger partial charge in [-0.1, -0.05) is 19.4 Å². The van der Waals surface area contributed by atoms with Crippen molar-refractivity contribution in [2.75, 3.05) is 13.3 Å². The molecule has 1 aromatic carbocycles. The number of nitrogens with zero attached hydrogens (tertiary/aromatic N) is 1. The number of urea groups is 1. The normalized spacial score (nSPS) is 23.6. The van der Waals surface area contributed by atoms with Gasteiger partial charge in [0.25, 0.3) is 5.91 Å². The highest BCUT2D eigenvalue weighted by molar-refractivity contribution is 6.07. The number of ether oxygens (including phenoxy) is 2. The average molecular weight is 290 g/mol. The molecule has 0 aliphatic carbocycles. The number of carbonyl (C=O) groups is 2. The number of carbonyl (C=O) groups excluding carboxylic acids is 2. The van der Waals surface area contributed by atoms with Crippen LogP contribution in [0.15, 0.2) is 18.2 Å². The SMILES string of the molecule is CCCCN1C(=O)NC(C)(c2ccc3c(c2)OCO3)C1=O. The van der Waals surface area contributed by atoms with Crippen LogP contribution in [0.1, 0.15) is 32.3 Å². The summed E-state index contributed by atoms with van der Waals surface area (Å²) in [4.78, 5) is 26.0. The molecule has 1 fully saturated rings. The maximum absolute atomic E-state index is 12.6. The lowest BCUT2D eigenvalue weighted by Gasteiger charge is -2.22. The Hall–Kier alpha value is -2.24. The summed E-state index contributed by atoms with van der Waals surface area (Å²) in [6, 6.07) is 4.96. The van der Waals surface area contributed by atoms with E-state index in [-0.39, 0.29) is 18.7 Å². The van der Waals surface area contributed by atoms with Crippen LogP contribution in [0.25, 0.3) is 0 Å². The first-order chi connectivity index (χ1) is 10.1. The quantitative estimate of drug-likeness (QED) is 0.861. The lowest BCUT2D eigenvalue weighted by molar-refractivity contribution is -0.131. The minimum absolute atomic E-state index is 0.179. The molecule has 1 N–H and O–H groups in total. The zero-order valence-electron chi connectivity index (χ0n) is 12.1. The van der Waals surface area contributed by atoms with Crippen LogP contribution < -0.4 is 14.8 Å². The number of nitrogens with one attached hydrogen (secondary N) is 1. The summed E-state index contributed by atoms with van der Waals surface area (Å²) in [7, 11) is 0. The van der Waals surface area contributed by atoms with E-state index in [1.165, 1.54) is 4.90 Å². The van der Waals surface area contributed by atoms with Crippen molar-refractivity contribution in [1.29, 1.82) is 0 Å². The highest BCUT2D eigenvalue weighted by Crippen LogP contribution is 2.37. The molecule has 0 spiro atoms. The van der Waals surface area contributed by atoms with Crippen LogP contribution in [0.4, 0.5) is 4.79 Å². The van der Waals surface area contributed by atoms with Gasteiger partial charge in [-0.15, -0.1) is 0 Å². The summed E-state index contributed by atoms with van der Waals surface area (Å²) in [5.74, 6) is 1.03. The number of rotatable bonds is 4. The summed E-state index contributed by atoms with van der Waals surface area (Å²) in [6.07, 6.45) is 1.73. The van der Waals surface area contributed by atoms with Gasteiger partial charge in [-0.3, -0.25) is 9.69 Å². The Kier molecular flexibility index (Phi) is 3.23. The van der Waals surface area contributed by atoms with E-state index in [1.54, 1.807) is 25.1 Å². The molecule has 1 saturated heterocycles. The molecule has 6 heteroatoms. The van der Waals surface area contributed by atoms with Crippen LogP contribution >= 0.6 is 0 Å². The molecule has 21 heavy (non-hydrogen) atoms. The van der Waals surface area contributed by atoms with Crippen molar-refractivity contribution in [3.63, 3.8) is 0 Å². The van der Waals surface area contributed by atoms with E-state index < -0.39 is 5.54 Å². The van der Waals surface area contributed by atoms with Gasteiger partial charge in [-0.05, 0) is 31.0 Å². The van der Waals surface area contributed by atoms with Crippen molar-refractivity contribution in [3.05, 3.63) is 23.8 Å². The molecule has 0 bridgehead atoms. The summed E-state index contributed by atoms with van der Waals surface area (Å²) in [6.45, 7) is 4.37. The van der Waals surface area contributed by atoms with Gasteiger partial charge in [0.2, 0.25) is 6.79 Å². The predicted octanol–water partition coefficient (Wildman–Crippen LogP) is 1.98. The summed E-state index contributed by atoms with van der Waals surface area (Å²) < 4.78 is 10.6. The summed E-state index contributed by atoms with van der Waals surface area (Å²) in [5.41, 5.74) is -0.352. The number of hydrogen-bond acceptors (Lipinski definition) is 4. The fraction of sp³-hybridized carbons (Fsp3) is 0.467. The molecule has 1 atom stereocenters. The Balaban J connectivity index is 1.90. The number of imide groups is 1. The number of benzene rings is 1. The molecule has 2 aliphatic rings. The lowest BCUT2D eigenvalue weighted by Crippen LogP contribution is -2.41. The third-order valence-corrected chi connectivity index (χ3v) is 3.96. The fourth-order valence-electron chi connectivity index (χ4n) is 2.62. The maximum Gasteiger partial charge on any atom is 0.325 e. The summed E-state index contributed by atoms with van der Waals surface area (Å²) in [5, 5.41) is 2.79. The van der Waals surface area contributed by atoms with E-state index >= 15 is 0 Å². The first kappa shape index (κ1) is 13.7. The summed E-state index contributed by atoms with van der Waals surface area (Å²) >= 11 is 0. The van der Waals surface area contributed by atoms with E-state index in [0.29, 0.717) is 23.6 Å². The molecule has 0 radical (unpaired) electrons. The largest absolute Gasteiger partial charge is 0.454 e. The second-order valence-corrected chi connectivity index (χ2v) is 5.43. The van der Waals surface area contributed by atoms with Crippen molar-refractivity contribution >= 4 is 11.9 Å². The first-order valence-electron chi connectivity index (χ1n) is 7.10. The smallest absolute Gasteiger partial charge is 0.325 e. The first-order valence-corrected chi connectivity index (χ1v) is 7.10. The minimum Gasteiger partial charge on any atom is -0.454 e. The fourth-order valence-corrected chi connectivity index (χ4v) is 2.62. The number of unbranched alkanes of at least 4 members (excludes halogenated alkanes) is 1. The zero-order valence-corrected chi connectivity index (χ0v) is 12.1. The molecule has 3 rings (SSSR count). The van der Waals surface area contributed by atoms with Crippen molar-refractivity contribution in [1.82, 2.24) is 10.2 Å². The van der Waals surface area contributed by atoms with Gasteiger partial charge in [0.05, 0.1) is 0 Å². The van der Waals surface area contributed by atoms with Crippen LogP contribution in [0.2, 0.25) is 0 Å². The Bertz CT molecular complexity index is 601. The highest BCUT2D eigenvalue weighted by atomic mass is 16.7. The molecule has 112 valence electrons. The van der Waals surface area contributed by atoms with Gasteiger partial charge in [-0.2, -0.15) is 0 Å². The monoisotopic (exact) mass is 290 g/mol. The van der Waals surface area contributed by atoms with E-state index in [0.717, 1.165) is 12.8 Å². The number of amides is 3. The van der Waals surface area contributed by atoms with Gasteiger partial charge in [0.15, 0.2) is 11.5 Å². The molecular weight excluding hydrogens is 272 g/mol. The Morgan fingerprint density at radius 2 is 2.05 bits per heavy atom. The van der Waals surface area contributed by atoms with Crippen LogP contribution in [0, 0.1) is 0 Å². The van der Waals surface area contributed by atoms with Crippen molar-refractivity contribution in [2.45, 2.75) is 32.2 Å². The van der Waals surface area contributed by atoms with Crippen LogP contribution in [0.3, 0.4) is 0 Å². The number of fused-ring (bicyclic) bond motifs is 1. The molecule has 2 heterocycles. The minimum atomic E-state index is -1.05. The Morgan fingerprint density at radius 3 is 2.81 bits per heavy atom. The second-order valence-electron chi connectivity index (χ2n) is 5.43. The van der Waals surface area contributed by atoms with Gasteiger partial charge in [0.1, 0.15) is 5.54 Å².